The lowest BCUT2D eigenvalue weighted by atomic mass is 10.1. The van der Waals surface area contributed by atoms with Gasteiger partial charge in [0, 0.05) is 12.3 Å². The van der Waals surface area contributed by atoms with E-state index in [1.165, 1.54) is 6.20 Å². The maximum Gasteiger partial charge on any atom is 0.207 e. The van der Waals surface area contributed by atoms with Crippen molar-refractivity contribution in [2.45, 2.75) is 27.7 Å². The number of hydrogen-bond donors (Lipinski definition) is 1. The smallest absolute Gasteiger partial charge is 0.207 e. The van der Waals surface area contributed by atoms with Crippen LogP contribution in [0, 0.1) is 23.2 Å². The third-order valence-electron chi connectivity index (χ3n) is 3.21. The van der Waals surface area contributed by atoms with Crippen LogP contribution in [0.4, 0.5) is 0 Å². The number of nitrogens with zero attached hydrogens (tertiary/aromatic N) is 1. The molecular weight excluding hydrogens is 292 g/mol. The lowest BCUT2D eigenvalue weighted by Crippen LogP contribution is -2.11. The highest BCUT2D eigenvalue weighted by atomic mass is 16.5. The molecule has 5 heteroatoms. The normalized spacial score (nSPS) is 11.0. The van der Waals surface area contributed by atoms with E-state index in [4.69, 9.17) is 14.7 Å². The molecule has 1 N–H and O–H groups in total. The van der Waals surface area contributed by atoms with Crippen LogP contribution in [0.25, 0.3) is 10.9 Å². The van der Waals surface area contributed by atoms with Gasteiger partial charge in [0.2, 0.25) is 5.43 Å². The molecule has 1 aromatic carbocycles. The predicted molar refractivity (Wildman–Crippen MR) is 89.9 cm³/mol. The van der Waals surface area contributed by atoms with Crippen molar-refractivity contribution in [3.8, 4) is 17.6 Å². The molecule has 1 heterocycles. The maximum atomic E-state index is 12.3. The Kier molecular flexibility index (Phi) is 5.28. The Bertz CT molecular complexity index is 785. The number of benzene rings is 1. The van der Waals surface area contributed by atoms with Gasteiger partial charge in [-0.15, -0.1) is 0 Å². The van der Waals surface area contributed by atoms with Gasteiger partial charge >= 0.3 is 0 Å². The average molecular weight is 314 g/mol. The molecule has 2 rings (SSSR count). The topological polar surface area (TPSA) is 75.1 Å². The van der Waals surface area contributed by atoms with E-state index in [0.29, 0.717) is 47.5 Å². The van der Waals surface area contributed by atoms with Gasteiger partial charge < -0.3 is 14.5 Å². The first-order chi connectivity index (χ1) is 10.9. The van der Waals surface area contributed by atoms with Gasteiger partial charge in [0.25, 0.3) is 0 Å². The minimum Gasteiger partial charge on any atom is -0.489 e. The van der Waals surface area contributed by atoms with E-state index in [2.05, 4.69) is 32.7 Å². The number of pyridine rings is 1. The summed E-state index contributed by atoms with van der Waals surface area (Å²) in [6, 6.07) is 5.32. The number of fused-ring (bicyclic) bond motifs is 1. The van der Waals surface area contributed by atoms with Gasteiger partial charge in [-0.2, -0.15) is 5.26 Å². The molecule has 0 radical (unpaired) electrons. The Morgan fingerprint density at radius 2 is 1.65 bits per heavy atom. The Morgan fingerprint density at radius 1 is 1.09 bits per heavy atom. The quantitative estimate of drug-likeness (QED) is 0.886. The maximum absolute atomic E-state index is 12.3. The van der Waals surface area contributed by atoms with E-state index < -0.39 is 0 Å². The second-order valence-electron chi connectivity index (χ2n) is 6.40. The Morgan fingerprint density at radius 3 is 2.17 bits per heavy atom. The van der Waals surface area contributed by atoms with Gasteiger partial charge in [0.05, 0.1) is 24.1 Å². The molecular formula is C18H22N2O3. The van der Waals surface area contributed by atoms with Crippen molar-refractivity contribution in [3.05, 3.63) is 34.1 Å². The zero-order valence-corrected chi connectivity index (χ0v) is 14.0. The number of rotatable bonds is 6. The monoisotopic (exact) mass is 314 g/mol. The summed E-state index contributed by atoms with van der Waals surface area (Å²) in [5, 5.41) is 9.43. The number of H-pyrrole nitrogens is 1. The molecule has 0 saturated carbocycles. The molecule has 0 amide bonds. The van der Waals surface area contributed by atoms with E-state index in [0.717, 1.165) is 0 Å². The zero-order chi connectivity index (χ0) is 17.0. The molecule has 0 atom stereocenters. The van der Waals surface area contributed by atoms with Gasteiger partial charge in [0.1, 0.15) is 11.6 Å². The molecule has 0 spiro atoms. The Balaban J connectivity index is 2.51. The van der Waals surface area contributed by atoms with Crippen LogP contribution in [0.15, 0.2) is 23.1 Å². The summed E-state index contributed by atoms with van der Waals surface area (Å²) in [7, 11) is 0. The molecule has 0 saturated heterocycles. The van der Waals surface area contributed by atoms with Crippen LogP contribution in [-0.4, -0.2) is 18.2 Å². The lowest BCUT2D eigenvalue weighted by molar-refractivity contribution is 0.230. The van der Waals surface area contributed by atoms with Crippen molar-refractivity contribution < 1.29 is 9.47 Å². The molecule has 0 aliphatic carbocycles. The van der Waals surface area contributed by atoms with E-state index in [1.807, 2.05) is 6.07 Å². The molecule has 0 unspecified atom stereocenters. The summed E-state index contributed by atoms with van der Waals surface area (Å²) in [6.07, 6.45) is 1.42. The molecule has 0 aliphatic heterocycles. The van der Waals surface area contributed by atoms with Crippen LogP contribution >= 0.6 is 0 Å². The number of aromatic nitrogens is 1. The molecule has 0 aliphatic rings. The summed E-state index contributed by atoms with van der Waals surface area (Å²) >= 11 is 0. The number of nitriles is 1. The SMILES string of the molecule is CC(C)COc1cc2[nH]cc(C#N)c(=O)c2cc1OCC(C)C. The first kappa shape index (κ1) is 16.9. The van der Waals surface area contributed by atoms with Gasteiger partial charge in [-0.1, -0.05) is 27.7 Å². The fraction of sp³-hybridized carbons (Fsp3) is 0.444. The van der Waals surface area contributed by atoms with E-state index in [1.54, 1.807) is 12.1 Å². The first-order valence-electron chi connectivity index (χ1n) is 7.77. The van der Waals surface area contributed by atoms with Gasteiger partial charge in [0.15, 0.2) is 11.5 Å². The second kappa shape index (κ2) is 7.19. The first-order valence-corrected chi connectivity index (χ1v) is 7.77. The van der Waals surface area contributed by atoms with E-state index >= 15 is 0 Å². The molecule has 122 valence electrons. The van der Waals surface area contributed by atoms with Crippen molar-refractivity contribution in [1.29, 1.82) is 5.26 Å². The molecule has 0 fully saturated rings. The van der Waals surface area contributed by atoms with E-state index in [-0.39, 0.29) is 11.0 Å². The number of nitrogens with one attached hydrogen (secondary N) is 1. The standard InChI is InChI=1S/C18H22N2O3/c1-11(2)9-22-16-5-14-15(6-17(16)23-10-12(3)4)20-8-13(7-19)18(14)21/h5-6,8,11-12H,9-10H2,1-4H3,(H,20,21). The van der Waals surface area contributed by atoms with Crippen molar-refractivity contribution in [1.82, 2.24) is 4.98 Å². The van der Waals surface area contributed by atoms with Crippen molar-refractivity contribution in [3.63, 3.8) is 0 Å². The van der Waals surface area contributed by atoms with Crippen molar-refractivity contribution >= 4 is 10.9 Å². The summed E-state index contributed by atoms with van der Waals surface area (Å²) in [4.78, 5) is 15.3. The molecule has 2 aromatic rings. The Labute approximate surface area is 135 Å². The highest BCUT2D eigenvalue weighted by Crippen LogP contribution is 2.31. The van der Waals surface area contributed by atoms with Gasteiger partial charge in [-0.05, 0) is 17.9 Å². The third kappa shape index (κ3) is 4.04. The number of aromatic amines is 1. The molecule has 5 nitrogen and oxygen atoms in total. The minimum atomic E-state index is -0.300. The van der Waals surface area contributed by atoms with Crippen molar-refractivity contribution in [2.24, 2.45) is 11.8 Å². The highest BCUT2D eigenvalue weighted by Gasteiger charge is 2.13. The predicted octanol–water partition coefficient (Wildman–Crippen LogP) is 3.47. The third-order valence-corrected chi connectivity index (χ3v) is 3.21. The molecule has 1 aromatic heterocycles. The van der Waals surface area contributed by atoms with Crippen LogP contribution in [0.2, 0.25) is 0 Å². The van der Waals surface area contributed by atoms with Gasteiger partial charge in [-0.3, -0.25) is 4.79 Å². The lowest BCUT2D eigenvalue weighted by Gasteiger charge is -2.16. The summed E-state index contributed by atoms with van der Waals surface area (Å²) in [6.45, 7) is 9.32. The number of ether oxygens (including phenoxy) is 2. The molecule has 0 bridgehead atoms. The largest absolute Gasteiger partial charge is 0.489 e. The van der Waals surface area contributed by atoms with E-state index in [9.17, 15) is 4.79 Å². The fourth-order valence-electron chi connectivity index (χ4n) is 2.05. The highest BCUT2D eigenvalue weighted by molar-refractivity contribution is 5.83. The van der Waals surface area contributed by atoms with Crippen LogP contribution in [0.3, 0.4) is 0 Å². The van der Waals surface area contributed by atoms with Crippen LogP contribution in [0.1, 0.15) is 33.3 Å². The van der Waals surface area contributed by atoms with Crippen LogP contribution in [0.5, 0.6) is 11.5 Å². The second-order valence-corrected chi connectivity index (χ2v) is 6.40. The summed E-state index contributed by atoms with van der Waals surface area (Å²) in [5.41, 5.74) is 0.416. The molecule has 23 heavy (non-hydrogen) atoms. The van der Waals surface area contributed by atoms with Gasteiger partial charge in [-0.25, -0.2) is 0 Å². The zero-order valence-electron chi connectivity index (χ0n) is 14.0. The summed E-state index contributed by atoms with van der Waals surface area (Å²) < 4.78 is 11.6. The summed E-state index contributed by atoms with van der Waals surface area (Å²) in [5.74, 6) is 1.87. The minimum absolute atomic E-state index is 0.0863. The Hall–Kier alpha value is -2.48. The van der Waals surface area contributed by atoms with Crippen molar-refractivity contribution in [2.75, 3.05) is 13.2 Å². The average Bonchev–Trinajstić information content (AvgIpc) is 2.51. The fourth-order valence-corrected chi connectivity index (χ4v) is 2.05. The van der Waals surface area contributed by atoms with Crippen LogP contribution < -0.4 is 14.9 Å². The van der Waals surface area contributed by atoms with Crippen LogP contribution in [-0.2, 0) is 0 Å². The number of hydrogen-bond acceptors (Lipinski definition) is 4.